The minimum Gasteiger partial charge on any atom is -0.354 e. The van der Waals surface area contributed by atoms with Gasteiger partial charge in [-0.25, -0.2) is 0 Å². The molecule has 2 heterocycles. The van der Waals surface area contributed by atoms with Gasteiger partial charge in [-0.1, -0.05) is 36.8 Å². The zero-order valence-electron chi connectivity index (χ0n) is 15.1. The van der Waals surface area contributed by atoms with Crippen molar-refractivity contribution < 1.29 is 14.4 Å². The number of benzene rings is 1. The molecule has 0 bridgehead atoms. The first-order chi connectivity index (χ1) is 12.6. The SMILES string of the molecule is O=C1NCCCCCC(=O)N2CCCC2C(=O)NC1Cc1ccccc1. The molecule has 140 valence electrons. The maximum Gasteiger partial charge on any atom is 0.243 e. The van der Waals surface area contributed by atoms with Crippen LogP contribution >= 0.6 is 0 Å². The molecule has 2 saturated heterocycles. The molecule has 1 aromatic carbocycles. The zero-order valence-corrected chi connectivity index (χ0v) is 15.1. The number of nitrogens with zero attached hydrogens (tertiary/aromatic N) is 1. The second kappa shape index (κ2) is 8.83. The second-order valence-corrected chi connectivity index (χ2v) is 7.10. The van der Waals surface area contributed by atoms with Crippen molar-refractivity contribution in [1.29, 1.82) is 0 Å². The van der Waals surface area contributed by atoms with Gasteiger partial charge in [-0.2, -0.15) is 0 Å². The van der Waals surface area contributed by atoms with Crippen LogP contribution in [0.25, 0.3) is 0 Å². The lowest BCUT2D eigenvalue weighted by molar-refractivity contribution is -0.139. The minimum absolute atomic E-state index is 0.0563. The van der Waals surface area contributed by atoms with E-state index in [0.717, 1.165) is 31.2 Å². The lowest BCUT2D eigenvalue weighted by Crippen LogP contribution is -2.53. The summed E-state index contributed by atoms with van der Waals surface area (Å²) in [6.07, 6.45) is 4.96. The molecule has 0 aromatic heterocycles. The van der Waals surface area contributed by atoms with Crippen molar-refractivity contribution in [2.75, 3.05) is 13.1 Å². The van der Waals surface area contributed by atoms with Gasteiger partial charge < -0.3 is 15.5 Å². The molecule has 0 spiro atoms. The van der Waals surface area contributed by atoms with Gasteiger partial charge in [-0.3, -0.25) is 14.4 Å². The Morgan fingerprint density at radius 1 is 0.962 bits per heavy atom. The molecule has 2 aliphatic heterocycles. The average molecular weight is 357 g/mol. The Balaban J connectivity index is 1.77. The third kappa shape index (κ3) is 4.62. The molecule has 2 atom stereocenters. The summed E-state index contributed by atoms with van der Waals surface area (Å²) in [6, 6.07) is 8.60. The molecule has 6 nitrogen and oxygen atoms in total. The Labute approximate surface area is 154 Å². The number of fused-ring (bicyclic) bond motifs is 1. The highest BCUT2D eigenvalue weighted by Crippen LogP contribution is 2.20. The maximum absolute atomic E-state index is 12.8. The second-order valence-electron chi connectivity index (χ2n) is 7.10. The molecule has 1 aromatic rings. The van der Waals surface area contributed by atoms with Crippen LogP contribution in [0, 0.1) is 0 Å². The van der Waals surface area contributed by atoms with Crippen LogP contribution in [0.1, 0.15) is 44.1 Å². The fourth-order valence-electron chi connectivity index (χ4n) is 3.72. The number of carbonyl (C=O) groups excluding carboxylic acids is 3. The van der Waals surface area contributed by atoms with Gasteiger partial charge in [0.2, 0.25) is 17.7 Å². The van der Waals surface area contributed by atoms with E-state index in [-0.39, 0.29) is 17.7 Å². The highest BCUT2D eigenvalue weighted by molar-refractivity contribution is 5.92. The molecule has 3 rings (SSSR count). The topological polar surface area (TPSA) is 78.5 Å². The molecule has 0 aliphatic carbocycles. The molecule has 0 saturated carbocycles. The van der Waals surface area contributed by atoms with Crippen LogP contribution in [-0.2, 0) is 20.8 Å². The van der Waals surface area contributed by atoms with E-state index in [1.807, 2.05) is 30.3 Å². The Kier molecular flexibility index (Phi) is 6.26. The predicted molar refractivity (Wildman–Crippen MR) is 98.3 cm³/mol. The molecule has 2 aliphatic rings. The lowest BCUT2D eigenvalue weighted by atomic mass is 10.0. The van der Waals surface area contributed by atoms with E-state index in [1.54, 1.807) is 4.90 Å². The van der Waals surface area contributed by atoms with Crippen molar-refractivity contribution in [1.82, 2.24) is 15.5 Å². The predicted octanol–water partition coefficient (Wildman–Crippen LogP) is 1.40. The van der Waals surface area contributed by atoms with Crippen molar-refractivity contribution in [3.8, 4) is 0 Å². The quantitative estimate of drug-likeness (QED) is 0.840. The van der Waals surface area contributed by atoms with Crippen LogP contribution in [0.3, 0.4) is 0 Å². The van der Waals surface area contributed by atoms with E-state index in [2.05, 4.69) is 10.6 Å². The van der Waals surface area contributed by atoms with Crippen molar-refractivity contribution in [2.24, 2.45) is 0 Å². The first-order valence-electron chi connectivity index (χ1n) is 9.56. The maximum atomic E-state index is 12.8. The first kappa shape index (κ1) is 18.4. The number of rotatable bonds is 2. The number of hydrogen-bond acceptors (Lipinski definition) is 3. The van der Waals surface area contributed by atoms with E-state index >= 15 is 0 Å². The third-order valence-electron chi connectivity index (χ3n) is 5.16. The number of hydrogen-bond donors (Lipinski definition) is 2. The summed E-state index contributed by atoms with van der Waals surface area (Å²) in [5.74, 6) is -0.315. The first-order valence-corrected chi connectivity index (χ1v) is 9.56. The van der Waals surface area contributed by atoms with Gasteiger partial charge in [0.1, 0.15) is 12.1 Å². The fraction of sp³-hybridized carbons (Fsp3) is 0.550. The molecule has 2 N–H and O–H groups in total. The molecule has 6 heteroatoms. The molecular formula is C20H27N3O3. The highest BCUT2D eigenvalue weighted by Gasteiger charge is 2.35. The van der Waals surface area contributed by atoms with E-state index < -0.39 is 12.1 Å². The van der Waals surface area contributed by atoms with E-state index in [0.29, 0.717) is 32.4 Å². The van der Waals surface area contributed by atoms with Crippen LogP contribution < -0.4 is 10.6 Å². The van der Waals surface area contributed by atoms with Crippen LogP contribution in [0.4, 0.5) is 0 Å². The van der Waals surface area contributed by atoms with Gasteiger partial charge in [0.05, 0.1) is 0 Å². The minimum atomic E-state index is -0.622. The van der Waals surface area contributed by atoms with Gasteiger partial charge in [-0.15, -0.1) is 0 Å². The van der Waals surface area contributed by atoms with Crippen LogP contribution in [0.5, 0.6) is 0 Å². The van der Waals surface area contributed by atoms with E-state index in [4.69, 9.17) is 0 Å². The lowest BCUT2D eigenvalue weighted by Gasteiger charge is -2.26. The fourth-order valence-corrected chi connectivity index (χ4v) is 3.72. The summed E-state index contributed by atoms with van der Waals surface area (Å²) in [6.45, 7) is 1.20. The standard InChI is InChI=1S/C20H27N3O3/c24-18-11-5-2-6-12-21-19(25)16(14-15-8-3-1-4-9-15)22-20(26)17-10-7-13-23(17)18/h1,3-4,8-9,16-17H,2,5-7,10-14H2,(H,21,25)(H,22,26). The zero-order chi connectivity index (χ0) is 18.4. The van der Waals surface area contributed by atoms with E-state index in [9.17, 15) is 14.4 Å². The van der Waals surface area contributed by atoms with Crippen molar-refractivity contribution in [3.05, 3.63) is 35.9 Å². The summed E-state index contributed by atoms with van der Waals surface area (Å²) in [5.41, 5.74) is 0.997. The summed E-state index contributed by atoms with van der Waals surface area (Å²) in [4.78, 5) is 39.6. The largest absolute Gasteiger partial charge is 0.354 e. The Morgan fingerprint density at radius 3 is 2.58 bits per heavy atom. The third-order valence-corrected chi connectivity index (χ3v) is 5.16. The molecular weight excluding hydrogens is 330 g/mol. The summed E-state index contributed by atoms with van der Waals surface area (Å²) < 4.78 is 0. The highest BCUT2D eigenvalue weighted by atomic mass is 16.2. The van der Waals surface area contributed by atoms with Crippen LogP contribution in [0.15, 0.2) is 30.3 Å². The summed E-state index contributed by atoms with van der Waals surface area (Å²) in [7, 11) is 0. The smallest absolute Gasteiger partial charge is 0.243 e. The molecule has 26 heavy (non-hydrogen) atoms. The Bertz CT molecular complexity index is 647. The van der Waals surface area contributed by atoms with E-state index in [1.165, 1.54) is 0 Å². The molecule has 3 amide bonds. The molecule has 2 fully saturated rings. The van der Waals surface area contributed by atoms with Crippen molar-refractivity contribution >= 4 is 17.7 Å². The van der Waals surface area contributed by atoms with Crippen LogP contribution in [-0.4, -0.2) is 47.8 Å². The number of nitrogens with one attached hydrogen (secondary N) is 2. The Morgan fingerprint density at radius 2 is 1.77 bits per heavy atom. The van der Waals surface area contributed by atoms with Gasteiger partial charge in [0.25, 0.3) is 0 Å². The number of amides is 3. The monoisotopic (exact) mass is 357 g/mol. The van der Waals surface area contributed by atoms with Crippen molar-refractivity contribution in [2.45, 2.75) is 57.0 Å². The van der Waals surface area contributed by atoms with Gasteiger partial charge >= 0.3 is 0 Å². The normalized spacial score (nSPS) is 25.4. The van der Waals surface area contributed by atoms with Gasteiger partial charge in [0, 0.05) is 25.9 Å². The average Bonchev–Trinajstić information content (AvgIpc) is 3.14. The van der Waals surface area contributed by atoms with Gasteiger partial charge in [-0.05, 0) is 31.2 Å². The molecule has 2 unspecified atom stereocenters. The summed E-state index contributed by atoms with van der Waals surface area (Å²) >= 11 is 0. The van der Waals surface area contributed by atoms with Gasteiger partial charge in [0.15, 0.2) is 0 Å². The van der Waals surface area contributed by atoms with Crippen LogP contribution in [0.2, 0.25) is 0 Å². The summed E-state index contributed by atoms with van der Waals surface area (Å²) in [5, 5.41) is 5.83. The molecule has 0 radical (unpaired) electrons. The van der Waals surface area contributed by atoms with Crippen molar-refractivity contribution in [3.63, 3.8) is 0 Å². The Hall–Kier alpha value is -2.37. The number of carbonyl (C=O) groups is 3.